The highest BCUT2D eigenvalue weighted by Crippen LogP contribution is 2.33. The molecule has 0 saturated heterocycles. The fourth-order valence-corrected chi connectivity index (χ4v) is 5.18. The second-order valence-electron chi connectivity index (χ2n) is 9.42. The number of aryl methyl sites for hydroxylation is 1. The van der Waals surface area contributed by atoms with Crippen molar-refractivity contribution in [3.05, 3.63) is 58.4 Å². The first kappa shape index (κ1) is 25.4. The number of amides is 1. The molecule has 1 amide bonds. The molecule has 1 aliphatic rings. The lowest BCUT2D eigenvalue weighted by Gasteiger charge is -2.21. The summed E-state index contributed by atoms with van der Waals surface area (Å²) in [4.78, 5) is 27.6. The average molecular weight is 512 g/mol. The zero-order valence-corrected chi connectivity index (χ0v) is 21.4. The number of carbonyl (C=O) groups is 1. The van der Waals surface area contributed by atoms with E-state index < -0.39 is 21.3 Å². The van der Waals surface area contributed by atoms with Crippen LogP contribution in [-0.4, -0.2) is 55.4 Å². The topological polar surface area (TPSA) is 133 Å². The Morgan fingerprint density at radius 1 is 1.19 bits per heavy atom. The lowest BCUT2D eigenvalue weighted by Crippen LogP contribution is -2.33. The zero-order chi connectivity index (χ0) is 26.2. The number of aromatic hydroxyl groups is 1. The van der Waals surface area contributed by atoms with Crippen molar-refractivity contribution in [2.24, 2.45) is 10.3 Å². The predicted molar refractivity (Wildman–Crippen MR) is 140 cm³/mol. The number of fused-ring (bicyclic) bond motifs is 2. The van der Waals surface area contributed by atoms with Crippen molar-refractivity contribution in [1.82, 2.24) is 9.47 Å². The molecule has 0 aliphatic carbocycles. The van der Waals surface area contributed by atoms with Gasteiger partial charge < -0.3 is 25.2 Å². The smallest absolute Gasteiger partial charge is 0.286 e. The van der Waals surface area contributed by atoms with Crippen LogP contribution in [0.1, 0.15) is 25.8 Å². The minimum Gasteiger partial charge on any atom is -0.506 e. The van der Waals surface area contributed by atoms with Gasteiger partial charge in [0.25, 0.3) is 15.6 Å². The highest BCUT2D eigenvalue weighted by atomic mass is 32.2. The monoisotopic (exact) mass is 511 g/mol. The van der Waals surface area contributed by atoms with Gasteiger partial charge in [0, 0.05) is 17.6 Å². The van der Waals surface area contributed by atoms with Gasteiger partial charge in [-0.2, -0.15) is 8.42 Å². The molecule has 11 heteroatoms. The van der Waals surface area contributed by atoms with Crippen LogP contribution in [0.25, 0.3) is 10.9 Å². The number of nitrogens with one attached hydrogen (secondary N) is 2. The van der Waals surface area contributed by atoms with Crippen molar-refractivity contribution >= 4 is 44.0 Å². The van der Waals surface area contributed by atoms with E-state index in [0.29, 0.717) is 30.1 Å². The van der Waals surface area contributed by atoms with Crippen LogP contribution in [0.2, 0.25) is 0 Å². The van der Waals surface area contributed by atoms with Crippen molar-refractivity contribution in [1.29, 1.82) is 0 Å². The first-order chi connectivity index (χ1) is 17.0. The van der Waals surface area contributed by atoms with Crippen LogP contribution in [0.3, 0.4) is 0 Å². The predicted octanol–water partition coefficient (Wildman–Crippen LogP) is 2.81. The summed E-state index contributed by atoms with van der Waals surface area (Å²) >= 11 is 0. The Hall–Kier alpha value is -3.70. The number of likely N-dealkylation sites (N-methyl/N-ethyl adjacent to an activating group) is 1. The van der Waals surface area contributed by atoms with E-state index in [4.69, 9.17) is 0 Å². The first-order valence-electron chi connectivity index (χ1n) is 11.5. The van der Waals surface area contributed by atoms with Gasteiger partial charge in [0.1, 0.15) is 16.2 Å². The van der Waals surface area contributed by atoms with Gasteiger partial charge in [-0.15, -0.1) is 4.40 Å². The van der Waals surface area contributed by atoms with Gasteiger partial charge in [0.05, 0.1) is 17.7 Å². The van der Waals surface area contributed by atoms with Gasteiger partial charge in [-0.1, -0.05) is 26.0 Å². The number of rotatable bonds is 7. The number of benzene rings is 2. The van der Waals surface area contributed by atoms with Gasteiger partial charge in [0.15, 0.2) is 5.84 Å². The highest BCUT2D eigenvalue weighted by molar-refractivity contribution is 7.90. The molecule has 1 aliphatic heterocycles. The summed E-state index contributed by atoms with van der Waals surface area (Å²) in [7, 11) is -0.549. The Morgan fingerprint density at radius 3 is 2.61 bits per heavy atom. The van der Waals surface area contributed by atoms with Crippen molar-refractivity contribution in [3.8, 4) is 5.75 Å². The number of amidine groups is 1. The number of hydrogen-bond acceptors (Lipinski definition) is 7. The number of anilines is 2. The van der Waals surface area contributed by atoms with Gasteiger partial charge in [0.2, 0.25) is 5.91 Å². The Kier molecular flexibility index (Phi) is 6.87. The Morgan fingerprint density at radius 2 is 1.92 bits per heavy atom. The molecule has 0 saturated carbocycles. The summed E-state index contributed by atoms with van der Waals surface area (Å²) in [6, 6.07) is 11.1. The average Bonchev–Trinajstić information content (AvgIpc) is 2.78. The first-order valence-corrected chi connectivity index (χ1v) is 13.0. The third-order valence-electron chi connectivity index (χ3n) is 5.78. The zero-order valence-electron chi connectivity index (χ0n) is 20.6. The molecule has 190 valence electrons. The molecule has 0 radical (unpaired) electrons. The molecule has 0 fully saturated rings. The normalized spacial score (nSPS) is 14.4. The maximum Gasteiger partial charge on any atom is 0.286 e. The molecule has 0 spiro atoms. The summed E-state index contributed by atoms with van der Waals surface area (Å²) in [5.41, 5.74) is 0.347. The fourth-order valence-electron chi connectivity index (χ4n) is 4.05. The lowest BCUT2D eigenvalue weighted by atomic mass is 10.1. The third-order valence-corrected chi connectivity index (χ3v) is 7.11. The van der Waals surface area contributed by atoms with Gasteiger partial charge in [-0.25, -0.2) is 0 Å². The molecular formula is C25H29N5O5S. The van der Waals surface area contributed by atoms with E-state index in [0.717, 1.165) is 0 Å². The number of nitrogens with zero attached hydrogens (tertiary/aromatic N) is 3. The van der Waals surface area contributed by atoms with Crippen LogP contribution in [0.4, 0.5) is 11.4 Å². The molecule has 3 N–H and O–H groups in total. The molecule has 0 atom stereocenters. The molecule has 3 aromatic rings. The standard InChI is InChI=1S/C25H29N5O5S/c1-15(2)11-12-30-19-10-9-16(26-21(31)14-29(3)4)13-17(19)23(32)22(25(30)33)24-27-18-7-5-6-8-20(18)36(34,35)28-24/h5-10,13,15,32H,11-12,14H2,1-4H3,(H,26,31)(H,27,28). The third kappa shape index (κ3) is 4.98. The Labute approximate surface area is 209 Å². The molecular weight excluding hydrogens is 482 g/mol. The second kappa shape index (κ2) is 9.75. The van der Waals surface area contributed by atoms with Crippen molar-refractivity contribution in [2.45, 2.75) is 31.7 Å². The fraction of sp³-hybridized carbons (Fsp3) is 0.320. The van der Waals surface area contributed by atoms with E-state index >= 15 is 0 Å². The van der Waals surface area contributed by atoms with E-state index in [1.165, 1.54) is 10.6 Å². The largest absolute Gasteiger partial charge is 0.506 e. The number of sulfonamides is 1. The molecule has 2 heterocycles. The number of hydrogen-bond donors (Lipinski definition) is 3. The minimum absolute atomic E-state index is 0.0138. The van der Waals surface area contributed by atoms with Crippen LogP contribution in [0.5, 0.6) is 5.75 Å². The molecule has 1 aromatic heterocycles. The summed E-state index contributed by atoms with van der Waals surface area (Å²) in [5.74, 6) is -0.613. The number of carbonyl (C=O) groups excluding carboxylic acids is 1. The van der Waals surface area contributed by atoms with Crippen molar-refractivity contribution in [2.75, 3.05) is 31.3 Å². The van der Waals surface area contributed by atoms with E-state index in [1.54, 1.807) is 55.4 Å². The van der Waals surface area contributed by atoms with E-state index in [-0.39, 0.29) is 39.8 Å². The van der Waals surface area contributed by atoms with Crippen LogP contribution < -0.4 is 16.2 Å². The SMILES string of the molecule is CC(C)CCn1c(=O)c(C2=NS(=O)(=O)c3ccccc3N2)c(O)c2cc(NC(=O)CN(C)C)ccc21. The number of aromatic nitrogens is 1. The van der Waals surface area contributed by atoms with Crippen LogP contribution in [-0.2, 0) is 21.4 Å². The van der Waals surface area contributed by atoms with E-state index in [2.05, 4.69) is 15.0 Å². The number of pyridine rings is 1. The second-order valence-corrected chi connectivity index (χ2v) is 11.0. The maximum atomic E-state index is 13.6. The molecule has 36 heavy (non-hydrogen) atoms. The summed E-state index contributed by atoms with van der Waals surface area (Å²) in [5, 5.41) is 17.2. The molecule has 10 nitrogen and oxygen atoms in total. The molecule has 0 bridgehead atoms. The maximum absolute atomic E-state index is 13.6. The number of para-hydroxylation sites is 1. The van der Waals surface area contributed by atoms with Crippen LogP contribution >= 0.6 is 0 Å². The Bertz CT molecular complexity index is 1540. The lowest BCUT2D eigenvalue weighted by molar-refractivity contribution is -0.116. The summed E-state index contributed by atoms with van der Waals surface area (Å²) in [6.07, 6.45) is 0.682. The minimum atomic E-state index is -4.10. The Balaban J connectivity index is 1.91. The molecule has 2 aromatic carbocycles. The van der Waals surface area contributed by atoms with E-state index in [9.17, 15) is 23.1 Å². The van der Waals surface area contributed by atoms with Crippen molar-refractivity contribution < 1.29 is 18.3 Å². The quantitative estimate of drug-likeness (QED) is 0.444. The van der Waals surface area contributed by atoms with Gasteiger partial charge in [-0.05, 0) is 56.8 Å². The van der Waals surface area contributed by atoms with Gasteiger partial charge in [-0.3, -0.25) is 9.59 Å². The van der Waals surface area contributed by atoms with E-state index in [1.807, 2.05) is 13.8 Å². The summed E-state index contributed by atoms with van der Waals surface area (Å²) in [6.45, 7) is 4.58. The van der Waals surface area contributed by atoms with Gasteiger partial charge >= 0.3 is 0 Å². The van der Waals surface area contributed by atoms with Crippen LogP contribution in [0, 0.1) is 5.92 Å². The molecule has 4 rings (SSSR count). The summed E-state index contributed by atoms with van der Waals surface area (Å²) < 4.78 is 31.0. The highest BCUT2D eigenvalue weighted by Gasteiger charge is 2.29. The van der Waals surface area contributed by atoms with Crippen molar-refractivity contribution in [3.63, 3.8) is 0 Å². The molecule has 0 unspecified atom stereocenters. The van der Waals surface area contributed by atoms with Crippen LogP contribution in [0.15, 0.2) is 56.6 Å².